The molecule has 231 valence electrons. The minimum absolute atomic E-state index is 0.251. The van der Waals surface area contributed by atoms with Gasteiger partial charge in [0.05, 0.1) is 0 Å². The van der Waals surface area contributed by atoms with Crippen LogP contribution in [0.25, 0.3) is 0 Å². The van der Waals surface area contributed by atoms with Gasteiger partial charge in [0, 0.05) is 0 Å². The first-order valence-corrected chi connectivity index (χ1v) is 18.6. The van der Waals surface area contributed by atoms with E-state index in [1.54, 1.807) is 0 Å². The molecule has 0 nitrogen and oxygen atoms in total. The van der Waals surface area contributed by atoms with E-state index in [0.29, 0.717) is 0 Å². The number of benzene rings is 6. The Balaban J connectivity index is 1.72. The van der Waals surface area contributed by atoms with Crippen molar-refractivity contribution in [1.82, 2.24) is 0 Å². The second-order valence-electron chi connectivity index (χ2n) is 13.0. The van der Waals surface area contributed by atoms with Gasteiger partial charge >= 0.3 is 282 Å². The van der Waals surface area contributed by atoms with Gasteiger partial charge in [-0.25, -0.2) is 0 Å². The van der Waals surface area contributed by atoms with E-state index in [4.69, 9.17) is 0 Å². The van der Waals surface area contributed by atoms with Crippen LogP contribution in [0.15, 0.2) is 146 Å². The first-order chi connectivity index (χ1) is 22.3. The van der Waals surface area contributed by atoms with Crippen LogP contribution in [0.5, 0.6) is 0 Å². The van der Waals surface area contributed by atoms with Crippen molar-refractivity contribution in [1.29, 1.82) is 0 Å². The molecule has 1 heteroatoms. The van der Waals surface area contributed by atoms with Crippen LogP contribution in [0, 0.1) is 41.5 Å². The van der Waals surface area contributed by atoms with Crippen molar-refractivity contribution in [3.05, 3.63) is 212 Å². The summed E-state index contributed by atoms with van der Waals surface area (Å²) in [5.41, 5.74) is 16.2. The first-order valence-electron chi connectivity index (χ1n) is 16.4. The first kappa shape index (κ1) is 31.8. The van der Waals surface area contributed by atoms with Crippen molar-refractivity contribution in [3.63, 3.8) is 0 Å². The summed E-state index contributed by atoms with van der Waals surface area (Å²) in [7, 11) is 0. The molecule has 0 aromatic heterocycles. The Hall–Kier alpha value is -4.15. The number of rotatable bonds is 9. The maximum absolute atomic E-state index is 2.40. The number of hydrogen-bond acceptors (Lipinski definition) is 0. The Kier molecular flexibility index (Phi) is 9.75. The quantitative estimate of drug-likeness (QED) is 0.148. The topological polar surface area (TPSA) is 0 Å². The Morgan fingerprint density at radius 1 is 0.239 bits per heavy atom. The Labute approximate surface area is 281 Å². The van der Waals surface area contributed by atoms with E-state index in [1.165, 1.54) is 66.8 Å². The molecule has 6 aromatic carbocycles. The zero-order chi connectivity index (χ0) is 32.2. The molecule has 0 aliphatic heterocycles. The molecule has 0 N–H and O–H groups in total. The van der Waals surface area contributed by atoms with E-state index < -0.39 is 14.1 Å². The minimum atomic E-state index is -1.81. The molecule has 0 unspecified atom stereocenters. The third kappa shape index (κ3) is 7.13. The van der Waals surface area contributed by atoms with Gasteiger partial charge in [0.1, 0.15) is 0 Å². The molecule has 46 heavy (non-hydrogen) atoms. The Bertz CT molecular complexity index is 1480. The summed E-state index contributed by atoms with van der Waals surface area (Å²) in [5, 5.41) is 0. The fraction of sp³-hybridized carbons (Fsp3) is 0.200. The van der Waals surface area contributed by atoms with E-state index in [9.17, 15) is 0 Å². The zero-order valence-electron chi connectivity index (χ0n) is 28.0. The Morgan fingerprint density at radius 3 is 0.500 bits per heavy atom. The molecule has 0 bridgehead atoms. The van der Waals surface area contributed by atoms with Gasteiger partial charge in [-0.05, 0) is 0 Å². The fourth-order valence-electron chi connectivity index (χ4n) is 6.38. The van der Waals surface area contributed by atoms with E-state index in [0.717, 1.165) is 0 Å². The molecule has 0 radical (unpaired) electrons. The summed E-state index contributed by atoms with van der Waals surface area (Å²) in [6.07, 6.45) is 0. The van der Waals surface area contributed by atoms with Crippen molar-refractivity contribution < 1.29 is 14.1 Å². The van der Waals surface area contributed by atoms with Gasteiger partial charge in [-0.15, -0.1) is 0 Å². The third-order valence-electron chi connectivity index (χ3n) is 9.10. The average Bonchev–Trinajstić information content (AvgIpc) is 3.06. The fourth-order valence-corrected chi connectivity index (χ4v) is 12.1. The molecule has 0 spiro atoms. The monoisotopic (exact) mass is 637 g/mol. The standard InChI is InChI=1S/3C15H15.Cr/c3*1-12-3-7-14(8-4-12)11-15-9-5-13(2)6-10-15;/h3*3-11H,1-2H3;. The van der Waals surface area contributed by atoms with Crippen molar-refractivity contribution >= 4 is 0 Å². The van der Waals surface area contributed by atoms with Crippen molar-refractivity contribution in [2.24, 2.45) is 0 Å². The normalized spacial score (nSPS) is 11.6. The van der Waals surface area contributed by atoms with Crippen LogP contribution in [0.3, 0.4) is 0 Å². The molecule has 0 atom stereocenters. The summed E-state index contributed by atoms with van der Waals surface area (Å²) in [5.74, 6) is 0. The van der Waals surface area contributed by atoms with Crippen LogP contribution in [-0.2, 0) is 14.1 Å². The van der Waals surface area contributed by atoms with E-state index >= 15 is 0 Å². The van der Waals surface area contributed by atoms with E-state index in [2.05, 4.69) is 187 Å². The van der Waals surface area contributed by atoms with Crippen molar-refractivity contribution in [3.8, 4) is 0 Å². The van der Waals surface area contributed by atoms with Crippen LogP contribution in [0.1, 0.15) is 81.1 Å². The molecule has 0 amide bonds. The molecule has 6 rings (SSSR count). The zero-order valence-corrected chi connectivity index (χ0v) is 29.3. The van der Waals surface area contributed by atoms with Crippen molar-refractivity contribution in [2.75, 3.05) is 0 Å². The van der Waals surface area contributed by atoms with Gasteiger partial charge in [-0.3, -0.25) is 0 Å². The van der Waals surface area contributed by atoms with Gasteiger partial charge in [0.2, 0.25) is 0 Å². The van der Waals surface area contributed by atoms with Crippen molar-refractivity contribution in [2.45, 2.75) is 55.9 Å². The summed E-state index contributed by atoms with van der Waals surface area (Å²) >= 11 is -1.81. The van der Waals surface area contributed by atoms with Gasteiger partial charge in [0.25, 0.3) is 0 Å². The predicted octanol–water partition coefficient (Wildman–Crippen LogP) is 11.8. The molecule has 0 aliphatic rings. The molecule has 6 aromatic rings. The molecule has 0 aliphatic carbocycles. The summed E-state index contributed by atoms with van der Waals surface area (Å²) in [6.45, 7) is 13.2. The van der Waals surface area contributed by atoms with E-state index in [-0.39, 0.29) is 14.3 Å². The average molecular weight is 638 g/mol. The molecular weight excluding hydrogens is 592 g/mol. The van der Waals surface area contributed by atoms with Gasteiger partial charge in [-0.1, -0.05) is 0 Å². The summed E-state index contributed by atoms with van der Waals surface area (Å²) in [4.78, 5) is 0. The second kappa shape index (κ2) is 14.1. The van der Waals surface area contributed by atoms with E-state index in [1.807, 2.05) is 0 Å². The van der Waals surface area contributed by atoms with Crippen LogP contribution in [-0.4, -0.2) is 0 Å². The molecule has 0 heterocycles. The predicted molar refractivity (Wildman–Crippen MR) is 193 cm³/mol. The third-order valence-corrected chi connectivity index (χ3v) is 14.2. The van der Waals surface area contributed by atoms with Crippen LogP contribution < -0.4 is 0 Å². The van der Waals surface area contributed by atoms with Gasteiger partial charge < -0.3 is 0 Å². The van der Waals surface area contributed by atoms with Crippen LogP contribution in [0.2, 0.25) is 0 Å². The van der Waals surface area contributed by atoms with Crippen LogP contribution in [0.4, 0.5) is 0 Å². The molecule has 0 fully saturated rings. The summed E-state index contributed by atoms with van der Waals surface area (Å²) in [6, 6.07) is 56.5. The molecule has 0 saturated carbocycles. The second-order valence-corrected chi connectivity index (χ2v) is 16.5. The number of hydrogen-bond donors (Lipinski definition) is 0. The van der Waals surface area contributed by atoms with Gasteiger partial charge in [-0.2, -0.15) is 0 Å². The molecule has 0 saturated heterocycles. The number of aryl methyl sites for hydroxylation is 6. The summed E-state index contributed by atoms with van der Waals surface area (Å²) < 4.78 is 0.754. The maximum atomic E-state index is 2.40. The van der Waals surface area contributed by atoms with Crippen LogP contribution >= 0.6 is 0 Å². The molecular formula is C45H45Cr. The van der Waals surface area contributed by atoms with Gasteiger partial charge in [0.15, 0.2) is 0 Å². The Morgan fingerprint density at radius 2 is 0.370 bits per heavy atom. The SMILES string of the molecule is Cc1ccc([CH](c2ccc(C)cc2)[Cr]([CH](c2ccc(C)cc2)c2ccc(C)cc2)[CH](c2ccc(C)cc2)c2ccc(C)cc2)cc1.